The van der Waals surface area contributed by atoms with Gasteiger partial charge >= 0.3 is 0 Å². The Morgan fingerprint density at radius 2 is 1.78 bits per heavy atom. The molecule has 1 aromatic heterocycles. The Labute approximate surface area is 264 Å². The van der Waals surface area contributed by atoms with Crippen molar-refractivity contribution in [3.8, 4) is 0 Å². The highest BCUT2D eigenvalue weighted by Gasteiger charge is 2.50. The molecule has 2 amide bonds. The number of methoxy groups -OCH3 is 1. The van der Waals surface area contributed by atoms with E-state index < -0.39 is 35.4 Å². The smallest absolute Gasteiger partial charge is 0.274 e. The third kappa shape index (κ3) is 10.3. The van der Waals surface area contributed by atoms with Crippen molar-refractivity contribution in [2.45, 2.75) is 70.7 Å². The van der Waals surface area contributed by atoms with E-state index in [0.29, 0.717) is 51.4 Å². The number of hydrogen-bond donors (Lipinski definition) is 2. The minimum Gasteiger partial charge on any atom is -0.384 e. The van der Waals surface area contributed by atoms with Crippen LogP contribution in [0, 0.1) is 11.8 Å². The Morgan fingerprint density at radius 1 is 1.07 bits per heavy atom. The van der Waals surface area contributed by atoms with Gasteiger partial charge in [-0.3, -0.25) is 24.1 Å². The third-order valence-corrected chi connectivity index (χ3v) is 8.16. The summed E-state index contributed by atoms with van der Waals surface area (Å²) in [4.78, 5) is 55.7. The zero-order chi connectivity index (χ0) is 32.4. The van der Waals surface area contributed by atoms with Gasteiger partial charge in [-0.25, -0.2) is 0 Å². The Bertz CT molecular complexity index is 1290. The van der Waals surface area contributed by atoms with E-state index in [1.54, 1.807) is 13.0 Å². The van der Waals surface area contributed by atoms with Crippen molar-refractivity contribution in [1.29, 1.82) is 0 Å². The van der Waals surface area contributed by atoms with Gasteiger partial charge in [0.1, 0.15) is 5.60 Å². The molecule has 2 aliphatic rings. The van der Waals surface area contributed by atoms with Crippen molar-refractivity contribution in [2.75, 3.05) is 46.6 Å². The van der Waals surface area contributed by atoms with Crippen molar-refractivity contribution in [1.82, 2.24) is 20.7 Å². The molecule has 4 unspecified atom stereocenters. The van der Waals surface area contributed by atoms with E-state index in [1.807, 2.05) is 44.2 Å². The predicted octanol–water partition coefficient (Wildman–Crippen LogP) is 2.35. The van der Waals surface area contributed by atoms with Crippen LogP contribution >= 0.6 is 0 Å². The number of ketones is 2. The van der Waals surface area contributed by atoms with Gasteiger partial charge in [0.05, 0.1) is 51.0 Å². The average Bonchev–Trinajstić information content (AvgIpc) is 3.61. The lowest BCUT2D eigenvalue weighted by Gasteiger charge is -2.25. The minimum absolute atomic E-state index is 0.0263. The number of aromatic nitrogens is 1. The number of morpholine rings is 1. The zero-order valence-electron chi connectivity index (χ0n) is 26.7. The fourth-order valence-electron chi connectivity index (χ4n) is 5.40. The summed E-state index contributed by atoms with van der Waals surface area (Å²) in [7, 11) is 1.45. The largest absolute Gasteiger partial charge is 0.384 e. The second-order valence-corrected chi connectivity index (χ2v) is 12.5. The van der Waals surface area contributed by atoms with Gasteiger partial charge in [0.15, 0.2) is 23.0 Å². The molecule has 4 rings (SSSR count). The number of Topliss-reactive ketones (excluding diaryl/α,β-unsaturated/α-hetero) is 2. The molecule has 0 saturated carbocycles. The van der Waals surface area contributed by atoms with Crippen LogP contribution < -0.4 is 10.6 Å². The molecule has 0 radical (unpaired) electrons. The van der Waals surface area contributed by atoms with E-state index in [2.05, 4.69) is 20.7 Å². The normalized spacial score (nSPS) is 20.3. The topological polar surface area (TPSA) is 153 Å². The van der Waals surface area contributed by atoms with E-state index in [-0.39, 0.29) is 36.2 Å². The summed E-state index contributed by atoms with van der Waals surface area (Å²) >= 11 is 0. The second kappa shape index (κ2) is 16.2. The highest BCUT2D eigenvalue weighted by molar-refractivity contribution is 5.99. The van der Waals surface area contributed by atoms with E-state index in [4.69, 9.17) is 18.7 Å². The number of nitrogens with one attached hydrogen (secondary N) is 2. The SMILES string of the molecule is COCC(CC(=O)C(CCc1ccccc1)NC(=O)c1cc(CN2CCOCC2)on1)C(=O)NC(CC(C)C)C(=O)C1(C)CO1. The quantitative estimate of drug-likeness (QED) is 0.236. The van der Waals surface area contributed by atoms with Gasteiger partial charge < -0.3 is 29.4 Å². The van der Waals surface area contributed by atoms with Crippen LogP contribution in [0.5, 0.6) is 0 Å². The fraction of sp³-hybridized carbons (Fsp3) is 0.606. The lowest BCUT2D eigenvalue weighted by atomic mass is 9.91. The van der Waals surface area contributed by atoms with Gasteiger partial charge in [0, 0.05) is 32.7 Å². The van der Waals surface area contributed by atoms with Crippen molar-refractivity contribution in [3.05, 3.63) is 53.4 Å². The molecule has 12 nitrogen and oxygen atoms in total. The van der Waals surface area contributed by atoms with Gasteiger partial charge in [-0.2, -0.15) is 0 Å². The average molecular weight is 627 g/mol. The van der Waals surface area contributed by atoms with Gasteiger partial charge in [-0.1, -0.05) is 49.3 Å². The molecule has 2 aliphatic heterocycles. The monoisotopic (exact) mass is 626 g/mol. The molecule has 0 spiro atoms. The van der Waals surface area contributed by atoms with E-state index in [9.17, 15) is 19.2 Å². The van der Waals surface area contributed by atoms with Crippen LogP contribution in [0.3, 0.4) is 0 Å². The standard InChI is InChI=1S/C33H46N4O8/c1-22(2)16-27(30(39)33(3)21-44-33)35-31(40)24(20-42-4)17-29(38)26(11-10-23-8-6-5-7-9-23)34-32(41)28-18-25(45-36-28)19-37-12-14-43-15-13-37/h5-9,18,22,24,26-27H,10-17,19-21H2,1-4H3,(H,34,41)(H,35,40). The first-order valence-electron chi connectivity index (χ1n) is 15.7. The van der Waals surface area contributed by atoms with Crippen LogP contribution in [-0.2, 0) is 41.6 Å². The van der Waals surface area contributed by atoms with Crippen LogP contribution in [0.4, 0.5) is 0 Å². The Balaban J connectivity index is 1.44. The molecule has 45 heavy (non-hydrogen) atoms. The summed E-state index contributed by atoms with van der Waals surface area (Å²) in [6.07, 6.45) is 1.11. The molecular weight excluding hydrogens is 580 g/mol. The van der Waals surface area contributed by atoms with Crippen molar-refractivity contribution in [2.24, 2.45) is 11.8 Å². The number of epoxide rings is 1. The Kier molecular flexibility index (Phi) is 12.4. The number of carbonyl (C=O) groups is 4. The van der Waals surface area contributed by atoms with E-state index >= 15 is 0 Å². The minimum atomic E-state index is -0.893. The van der Waals surface area contributed by atoms with Crippen LogP contribution in [0.1, 0.15) is 61.8 Å². The first-order chi connectivity index (χ1) is 21.6. The molecule has 12 heteroatoms. The number of benzene rings is 1. The molecule has 246 valence electrons. The maximum absolute atomic E-state index is 13.8. The number of carbonyl (C=O) groups excluding carboxylic acids is 4. The first kappa shape index (κ1) is 34.4. The molecule has 4 atom stereocenters. The van der Waals surface area contributed by atoms with Crippen LogP contribution in [0.25, 0.3) is 0 Å². The Morgan fingerprint density at radius 3 is 2.42 bits per heavy atom. The van der Waals surface area contributed by atoms with Crippen LogP contribution in [-0.4, -0.2) is 97.7 Å². The molecule has 1 aromatic carbocycles. The summed E-state index contributed by atoms with van der Waals surface area (Å²) in [5.74, 6) is -1.66. The van der Waals surface area contributed by atoms with E-state index in [1.165, 1.54) is 7.11 Å². The third-order valence-electron chi connectivity index (χ3n) is 8.16. The maximum Gasteiger partial charge on any atom is 0.274 e. The van der Waals surface area contributed by atoms with E-state index in [0.717, 1.165) is 18.7 Å². The van der Waals surface area contributed by atoms with Crippen molar-refractivity contribution < 1.29 is 37.9 Å². The predicted molar refractivity (Wildman–Crippen MR) is 164 cm³/mol. The fourth-order valence-corrected chi connectivity index (χ4v) is 5.40. The molecule has 2 aromatic rings. The van der Waals surface area contributed by atoms with Crippen LogP contribution in [0.2, 0.25) is 0 Å². The molecule has 2 N–H and O–H groups in total. The number of hydrogen-bond acceptors (Lipinski definition) is 10. The second-order valence-electron chi connectivity index (χ2n) is 12.5. The van der Waals surface area contributed by atoms with Gasteiger partial charge in [0.2, 0.25) is 5.91 Å². The molecular formula is C33H46N4O8. The number of rotatable bonds is 18. The number of ether oxygens (including phenoxy) is 3. The zero-order valence-corrected chi connectivity index (χ0v) is 26.7. The summed E-state index contributed by atoms with van der Waals surface area (Å²) in [5, 5.41) is 9.64. The molecule has 2 saturated heterocycles. The lowest BCUT2D eigenvalue weighted by molar-refractivity contribution is -0.135. The molecule has 0 bridgehead atoms. The van der Waals surface area contributed by atoms with Gasteiger partial charge in [-0.05, 0) is 37.7 Å². The molecule has 0 aliphatic carbocycles. The summed E-state index contributed by atoms with van der Waals surface area (Å²) in [6, 6.07) is 9.59. The number of nitrogens with zero attached hydrogens (tertiary/aromatic N) is 2. The maximum atomic E-state index is 13.8. The highest BCUT2D eigenvalue weighted by atomic mass is 16.6. The summed E-state index contributed by atoms with van der Waals surface area (Å²) in [5.41, 5.74) is 0.193. The molecule has 3 heterocycles. The van der Waals surface area contributed by atoms with Crippen LogP contribution in [0.15, 0.2) is 40.9 Å². The van der Waals surface area contributed by atoms with Gasteiger partial charge in [-0.15, -0.1) is 0 Å². The Hall–Kier alpha value is -3.45. The van der Waals surface area contributed by atoms with Crippen molar-refractivity contribution >= 4 is 23.4 Å². The number of amides is 2. The van der Waals surface area contributed by atoms with Gasteiger partial charge in [0.25, 0.3) is 5.91 Å². The summed E-state index contributed by atoms with van der Waals surface area (Å²) in [6.45, 7) is 9.24. The summed E-state index contributed by atoms with van der Waals surface area (Å²) < 4.78 is 21.5. The number of aryl methyl sites for hydroxylation is 1. The molecule has 2 fully saturated rings. The highest BCUT2D eigenvalue weighted by Crippen LogP contribution is 2.30. The lowest BCUT2D eigenvalue weighted by Crippen LogP contribution is -2.50. The van der Waals surface area contributed by atoms with Crippen molar-refractivity contribution in [3.63, 3.8) is 0 Å². The first-order valence-corrected chi connectivity index (χ1v) is 15.7.